The summed E-state index contributed by atoms with van der Waals surface area (Å²) in [6.45, 7) is 2.29. The molecule has 0 fully saturated rings. The van der Waals surface area contributed by atoms with Gasteiger partial charge in [0.1, 0.15) is 5.82 Å². The highest BCUT2D eigenvalue weighted by atomic mass is 15.1. The summed E-state index contributed by atoms with van der Waals surface area (Å²) in [6.07, 6.45) is 3.63. The Morgan fingerprint density at radius 1 is 1.38 bits per heavy atom. The number of imidazole rings is 1. The van der Waals surface area contributed by atoms with Gasteiger partial charge in [-0.25, -0.2) is 4.98 Å². The smallest absolute Gasteiger partial charge is 0.162 e. The normalized spacial score (nSPS) is 10.9. The number of aryl methyl sites for hydroxylation is 1. The molecule has 0 aliphatic carbocycles. The number of fused-ring (bicyclic) bond motifs is 1. The van der Waals surface area contributed by atoms with Crippen molar-refractivity contribution in [1.29, 1.82) is 0 Å². The molecular formula is C8H11N5. The first-order valence-electron chi connectivity index (χ1n) is 4.01. The van der Waals surface area contributed by atoms with Gasteiger partial charge >= 0.3 is 0 Å². The Labute approximate surface area is 75.4 Å². The molecule has 68 valence electrons. The lowest BCUT2D eigenvalue weighted by Crippen LogP contribution is -2.04. The van der Waals surface area contributed by atoms with Gasteiger partial charge in [-0.05, 0) is 6.92 Å². The molecule has 0 amide bonds. The van der Waals surface area contributed by atoms with Crippen LogP contribution in [0.2, 0.25) is 0 Å². The Kier molecular flexibility index (Phi) is 1.66. The van der Waals surface area contributed by atoms with Crippen LogP contribution in [-0.4, -0.2) is 14.4 Å². The molecule has 0 spiro atoms. The zero-order valence-electron chi connectivity index (χ0n) is 7.36. The fourth-order valence-corrected chi connectivity index (χ4v) is 1.35. The van der Waals surface area contributed by atoms with E-state index in [2.05, 4.69) is 9.97 Å². The molecular weight excluding hydrogens is 166 g/mol. The van der Waals surface area contributed by atoms with Crippen LogP contribution < -0.4 is 11.5 Å². The predicted octanol–water partition coefficient (Wildman–Crippen LogP) is 0.0786. The molecule has 0 aromatic carbocycles. The van der Waals surface area contributed by atoms with E-state index >= 15 is 0 Å². The summed E-state index contributed by atoms with van der Waals surface area (Å²) in [4.78, 5) is 8.39. The van der Waals surface area contributed by atoms with Gasteiger partial charge < -0.3 is 15.9 Å². The van der Waals surface area contributed by atoms with Crippen molar-refractivity contribution in [3.8, 4) is 0 Å². The lowest BCUT2D eigenvalue weighted by molar-refractivity contribution is 0.937. The second-order valence-corrected chi connectivity index (χ2v) is 2.93. The molecule has 2 aromatic rings. The maximum Gasteiger partial charge on any atom is 0.162 e. The monoisotopic (exact) mass is 177 g/mol. The molecule has 5 heteroatoms. The van der Waals surface area contributed by atoms with Crippen LogP contribution in [0.15, 0.2) is 12.4 Å². The van der Waals surface area contributed by atoms with Crippen molar-refractivity contribution in [2.24, 2.45) is 5.73 Å². The Morgan fingerprint density at radius 3 is 2.85 bits per heavy atom. The molecule has 2 heterocycles. The molecule has 0 radical (unpaired) electrons. The van der Waals surface area contributed by atoms with Gasteiger partial charge in [-0.1, -0.05) is 0 Å². The van der Waals surface area contributed by atoms with E-state index in [0.717, 1.165) is 17.0 Å². The molecule has 5 nitrogen and oxygen atoms in total. The second-order valence-electron chi connectivity index (χ2n) is 2.93. The SMILES string of the molecule is Cc1cn2cc(N)nc2c(CN)n1. The van der Waals surface area contributed by atoms with Gasteiger partial charge in [-0.15, -0.1) is 0 Å². The first-order valence-corrected chi connectivity index (χ1v) is 4.01. The largest absolute Gasteiger partial charge is 0.382 e. The van der Waals surface area contributed by atoms with Crippen LogP contribution in [0, 0.1) is 6.92 Å². The molecule has 0 atom stereocenters. The van der Waals surface area contributed by atoms with E-state index in [1.165, 1.54) is 0 Å². The highest BCUT2D eigenvalue weighted by molar-refractivity contribution is 5.50. The maximum atomic E-state index is 5.56. The van der Waals surface area contributed by atoms with Crippen molar-refractivity contribution in [2.75, 3.05) is 5.73 Å². The Hall–Kier alpha value is -1.62. The van der Waals surface area contributed by atoms with Gasteiger partial charge in [0.25, 0.3) is 0 Å². The summed E-state index contributed by atoms with van der Waals surface area (Å²) in [6, 6.07) is 0. The molecule has 0 unspecified atom stereocenters. The van der Waals surface area contributed by atoms with Crippen molar-refractivity contribution in [3.63, 3.8) is 0 Å². The fourth-order valence-electron chi connectivity index (χ4n) is 1.35. The van der Waals surface area contributed by atoms with Crippen LogP contribution in [0.3, 0.4) is 0 Å². The van der Waals surface area contributed by atoms with E-state index in [1.54, 1.807) is 6.20 Å². The quantitative estimate of drug-likeness (QED) is 0.646. The minimum atomic E-state index is 0.377. The standard InChI is InChI=1S/C8H11N5/c1-5-3-13-4-7(10)12-8(13)6(2-9)11-5/h3-4H,2,9-10H2,1H3. The van der Waals surface area contributed by atoms with Gasteiger partial charge in [0.2, 0.25) is 0 Å². The van der Waals surface area contributed by atoms with Gasteiger partial charge in [-0.3, -0.25) is 4.98 Å². The van der Waals surface area contributed by atoms with E-state index in [4.69, 9.17) is 11.5 Å². The number of hydrogen-bond acceptors (Lipinski definition) is 4. The van der Waals surface area contributed by atoms with Crippen LogP contribution in [-0.2, 0) is 6.54 Å². The second kappa shape index (κ2) is 2.70. The molecule has 0 saturated heterocycles. The summed E-state index contributed by atoms with van der Waals surface area (Å²) in [5.41, 5.74) is 13.5. The van der Waals surface area contributed by atoms with Gasteiger partial charge in [-0.2, -0.15) is 0 Å². The summed E-state index contributed by atoms with van der Waals surface area (Å²) < 4.78 is 1.85. The molecule has 13 heavy (non-hydrogen) atoms. The van der Waals surface area contributed by atoms with E-state index in [0.29, 0.717) is 12.4 Å². The Balaban J connectivity index is 2.80. The van der Waals surface area contributed by atoms with E-state index in [1.807, 2.05) is 17.5 Å². The lowest BCUT2D eigenvalue weighted by atomic mass is 10.4. The highest BCUT2D eigenvalue weighted by Gasteiger charge is 2.05. The molecule has 0 aliphatic heterocycles. The zero-order valence-corrected chi connectivity index (χ0v) is 7.36. The number of aromatic nitrogens is 3. The summed E-state index contributed by atoms with van der Waals surface area (Å²) in [5.74, 6) is 0.488. The third-order valence-electron chi connectivity index (χ3n) is 1.84. The van der Waals surface area contributed by atoms with Crippen molar-refractivity contribution in [1.82, 2.24) is 14.4 Å². The van der Waals surface area contributed by atoms with E-state index in [-0.39, 0.29) is 0 Å². The third kappa shape index (κ3) is 1.23. The van der Waals surface area contributed by atoms with Crippen molar-refractivity contribution in [2.45, 2.75) is 13.5 Å². The maximum absolute atomic E-state index is 5.56. The van der Waals surface area contributed by atoms with E-state index in [9.17, 15) is 0 Å². The highest BCUT2D eigenvalue weighted by Crippen LogP contribution is 2.10. The summed E-state index contributed by atoms with van der Waals surface area (Å²) >= 11 is 0. The summed E-state index contributed by atoms with van der Waals surface area (Å²) in [7, 11) is 0. The molecule has 2 rings (SSSR count). The van der Waals surface area contributed by atoms with Crippen LogP contribution >= 0.6 is 0 Å². The average Bonchev–Trinajstić information content (AvgIpc) is 2.43. The van der Waals surface area contributed by atoms with Crippen molar-refractivity contribution < 1.29 is 0 Å². The van der Waals surface area contributed by atoms with Crippen LogP contribution in [0.4, 0.5) is 5.82 Å². The van der Waals surface area contributed by atoms with Crippen molar-refractivity contribution >= 4 is 11.5 Å². The van der Waals surface area contributed by atoms with Crippen LogP contribution in [0.5, 0.6) is 0 Å². The number of anilines is 1. The number of nitrogen functional groups attached to an aromatic ring is 1. The van der Waals surface area contributed by atoms with Gasteiger partial charge in [0, 0.05) is 12.7 Å². The Bertz CT molecular complexity index is 445. The molecule has 0 saturated carbocycles. The van der Waals surface area contributed by atoms with E-state index < -0.39 is 0 Å². The van der Waals surface area contributed by atoms with Gasteiger partial charge in [0.15, 0.2) is 5.65 Å². The number of hydrogen-bond donors (Lipinski definition) is 2. The lowest BCUT2D eigenvalue weighted by Gasteiger charge is -2.00. The van der Waals surface area contributed by atoms with Crippen LogP contribution in [0.25, 0.3) is 5.65 Å². The third-order valence-corrected chi connectivity index (χ3v) is 1.84. The Morgan fingerprint density at radius 2 is 2.15 bits per heavy atom. The summed E-state index contributed by atoms with van der Waals surface area (Å²) in [5, 5.41) is 0. The minimum absolute atomic E-state index is 0.377. The first kappa shape index (κ1) is 8.00. The number of nitrogens with two attached hydrogens (primary N) is 2. The fraction of sp³-hybridized carbons (Fsp3) is 0.250. The zero-order chi connectivity index (χ0) is 9.42. The van der Waals surface area contributed by atoms with Crippen molar-refractivity contribution in [3.05, 3.63) is 23.8 Å². The number of nitrogens with zero attached hydrogens (tertiary/aromatic N) is 3. The molecule has 2 aromatic heterocycles. The predicted molar refractivity (Wildman–Crippen MR) is 50.0 cm³/mol. The topological polar surface area (TPSA) is 82.2 Å². The van der Waals surface area contributed by atoms with Gasteiger partial charge in [0.05, 0.1) is 17.6 Å². The first-order chi connectivity index (χ1) is 6.20. The molecule has 0 bridgehead atoms. The molecule has 0 aliphatic rings. The average molecular weight is 177 g/mol. The minimum Gasteiger partial charge on any atom is -0.382 e. The van der Waals surface area contributed by atoms with Crippen LogP contribution in [0.1, 0.15) is 11.4 Å². The number of rotatable bonds is 1. The molecule has 4 N–H and O–H groups in total.